The molecular weight excluding hydrogens is 326 g/mol. The Labute approximate surface area is 154 Å². The first kappa shape index (κ1) is 17.1. The van der Waals surface area contributed by atoms with E-state index < -0.39 is 0 Å². The van der Waals surface area contributed by atoms with Crippen LogP contribution in [-0.2, 0) is 24.5 Å². The van der Waals surface area contributed by atoms with Crippen LogP contribution in [0.25, 0.3) is 0 Å². The number of anilines is 1. The third-order valence-corrected chi connectivity index (χ3v) is 5.15. The minimum absolute atomic E-state index is 0.134. The molecule has 1 fully saturated rings. The third kappa shape index (κ3) is 4.23. The molecule has 5 heteroatoms. The molecule has 0 aliphatic carbocycles. The number of nitrogens with one attached hydrogen (secondary N) is 2. The van der Waals surface area contributed by atoms with Gasteiger partial charge in [-0.2, -0.15) is 0 Å². The number of amides is 2. The Morgan fingerprint density at radius 1 is 1.12 bits per heavy atom. The number of carbonyl (C=O) groups is 1. The fourth-order valence-corrected chi connectivity index (χ4v) is 3.73. The zero-order valence-electron chi connectivity index (χ0n) is 14.9. The number of urea groups is 1. The monoisotopic (exact) mass is 351 g/mol. The Hall–Kier alpha value is -2.37. The predicted octanol–water partition coefficient (Wildman–Crippen LogP) is 3.36. The normalized spacial score (nSPS) is 19.3. The lowest BCUT2D eigenvalue weighted by atomic mass is 10.1. The van der Waals surface area contributed by atoms with Crippen LogP contribution in [0.1, 0.15) is 23.1 Å². The molecule has 136 valence electrons. The van der Waals surface area contributed by atoms with Gasteiger partial charge in [0.05, 0.1) is 13.2 Å². The molecule has 1 saturated heterocycles. The predicted molar refractivity (Wildman–Crippen MR) is 102 cm³/mol. The first-order valence-corrected chi connectivity index (χ1v) is 9.27. The average molecular weight is 351 g/mol. The van der Waals surface area contributed by atoms with Gasteiger partial charge in [0.15, 0.2) is 0 Å². The molecule has 2 aromatic rings. The molecule has 2 amide bonds. The number of carbonyl (C=O) groups excluding carboxylic acids is 1. The molecule has 2 aliphatic rings. The number of benzene rings is 2. The highest BCUT2D eigenvalue weighted by molar-refractivity contribution is 5.89. The smallest absolute Gasteiger partial charge is 0.319 e. The van der Waals surface area contributed by atoms with Gasteiger partial charge in [0.1, 0.15) is 0 Å². The van der Waals surface area contributed by atoms with Crippen molar-refractivity contribution in [3.8, 4) is 0 Å². The largest absolute Gasteiger partial charge is 0.372 e. The fraction of sp³-hybridized carbons (Fsp3) is 0.381. The molecule has 5 nitrogen and oxygen atoms in total. The summed E-state index contributed by atoms with van der Waals surface area (Å²) in [4.78, 5) is 14.6. The SMILES string of the molecule is O=C(NCC1CCN(Cc2ccccc2)C1)Nc1ccc2c(c1)COC2. The summed E-state index contributed by atoms with van der Waals surface area (Å²) in [5.41, 5.74) is 4.54. The van der Waals surface area contributed by atoms with Crippen molar-refractivity contribution in [2.45, 2.75) is 26.2 Å². The van der Waals surface area contributed by atoms with Gasteiger partial charge in [-0.25, -0.2) is 4.79 Å². The summed E-state index contributed by atoms with van der Waals surface area (Å²) in [6, 6.07) is 16.4. The van der Waals surface area contributed by atoms with Crippen LogP contribution < -0.4 is 10.6 Å². The molecule has 0 spiro atoms. The van der Waals surface area contributed by atoms with E-state index in [1.807, 2.05) is 24.3 Å². The number of hydrogen-bond acceptors (Lipinski definition) is 3. The van der Waals surface area contributed by atoms with Crippen LogP contribution in [0.3, 0.4) is 0 Å². The van der Waals surface area contributed by atoms with Crippen LogP contribution in [0.2, 0.25) is 0 Å². The Kier molecular flexibility index (Phi) is 5.18. The highest BCUT2D eigenvalue weighted by atomic mass is 16.5. The van der Waals surface area contributed by atoms with Crippen LogP contribution >= 0.6 is 0 Å². The van der Waals surface area contributed by atoms with E-state index in [0.717, 1.165) is 37.3 Å². The fourth-order valence-electron chi connectivity index (χ4n) is 3.73. The van der Waals surface area contributed by atoms with E-state index in [2.05, 4.69) is 39.8 Å². The van der Waals surface area contributed by atoms with E-state index in [1.165, 1.54) is 11.1 Å². The second kappa shape index (κ2) is 7.89. The molecule has 1 unspecified atom stereocenters. The summed E-state index contributed by atoms with van der Waals surface area (Å²) in [6.07, 6.45) is 1.13. The summed E-state index contributed by atoms with van der Waals surface area (Å²) in [5, 5.41) is 5.94. The lowest BCUT2D eigenvalue weighted by Gasteiger charge is -2.16. The maximum absolute atomic E-state index is 12.2. The molecule has 0 saturated carbocycles. The van der Waals surface area contributed by atoms with Gasteiger partial charge >= 0.3 is 6.03 Å². The van der Waals surface area contributed by atoms with Gasteiger partial charge in [-0.05, 0) is 47.7 Å². The molecule has 2 N–H and O–H groups in total. The minimum Gasteiger partial charge on any atom is -0.372 e. The Morgan fingerprint density at radius 3 is 2.85 bits per heavy atom. The molecule has 4 rings (SSSR count). The number of nitrogens with zero attached hydrogens (tertiary/aromatic N) is 1. The number of hydrogen-bond donors (Lipinski definition) is 2. The Morgan fingerprint density at radius 2 is 1.96 bits per heavy atom. The van der Waals surface area contributed by atoms with Crippen molar-refractivity contribution in [3.63, 3.8) is 0 Å². The highest BCUT2D eigenvalue weighted by Gasteiger charge is 2.22. The molecule has 26 heavy (non-hydrogen) atoms. The Balaban J connectivity index is 1.21. The number of likely N-dealkylation sites (tertiary alicyclic amines) is 1. The van der Waals surface area contributed by atoms with E-state index in [4.69, 9.17) is 4.74 Å². The number of rotatable bonds is 5. The van der Waals surface area contributed by atoms with Crippen molar-refractivity contribution in [1.29, 1.82) is 0 Å². The lowest BCUT2D eigenvalue weighted by Crippen LogP contribution is -2.34. The minimum atomic E-state index is -0.134. The summed E-state index contributed by atoms with van der Waals surface area (Å²) in [6.45, 7) is 5.12. The van der Waals surface area contributed by atoms with Crippen LogP contribution in [-0.4, -0.2) is 30.6 Å². The zero-order chi connectivity index (χ0) is 17.8. The van der Waals surface area contributed by atoms with Crippen molar-refractivity contribution < 1.29 is 9.53 Å². The van der Waals surface area contributed by atoms with Crippen LogP contribution in [0.15, 0.2) is 48.5 Å². The van der Waals surface area contributed by atoms with Crippen LogP contribution in [0, 0.1) is 5.92 Å². The molecule has 1 atom stereocenters. The van der Waals surface area contributed by atoms with Gasteiger partial charge in [-0.3, -0.25) is 4.90 Å². The van der Waals surface area contributed by atoms with E-state index in [1.54, 1.807) is 0 Å². The van der Waals surface area contributed by atoms with Gasteiger partial charge in [0.2, 0.25) is 0 Å². The van der Waals surface area contributed by atoms with Crippen LogP contribution in [0.5, 0.6) is 0 Å². The average Bonchev–Trinajstić information content (AvgIpc) is 3.29. The summed E-state index contributed by atoms with van der Waals surface area (Å²) >= 11 is 0. The first-order valence-electron chi connectivity index (χ1n) is 9.27. The van der Waals surface area contributed by atoms with Crippen molar-refractivity contribution in [1.82, 2.24) is 10.2 Å². The van der Waals surface area contributed by atoms with Crippen molar-refractivity contribution in [2.75, 3.05) is 25.0 Å². The van der Waals surface area contributed by atoms with Crippen molar-refractivity contribution >= 4 is 11.7 Å². The van der Waals surface area contributed by atoms with Crippen LogP contribution in [0.4, 0.5) is 10.5 Å². The Bertz CT molecular complexity index is 763. The standard InChI is InChI=1S/C21H25N3O2/c25-21(23-20-7-6-18-14-26-15-19(18)10-20)22-11-17-8-9-24(13-17)12-16-4-2-1-3-5-16/h1-7,10,17H,8-9,11-15H2,(H2,22,23,25). The second-order valence-electron chi connectivity index (χ2n) is 7.19. The second-order valence-corrected chi connectivity index (χ2v) is 7.19. The summed E-state index contributed by atoms with van der Waals surface area (Å²) in [5.74, 6) is 0.512. The lowest BCUT2D eigenvalue weighted by molar-refractivity contribution is 0.134. The first-order chi connectivity index (χ1) is 12.8. The van der Waals surface area contributed by atoms with Crippen molar-refractivity contribution in [3.05, 3.63) is 65.2 Å². The van der Waals surface area contributed by atoms with Crippen molar-refractivity contribution in [2.24, 2.45) is 5.92 Å². The van der Waals surface area contributed by atoms with Gasteiger partial charge in [0.25, 0.3) is 0 Å². The number of ether oxygens (including phenoxy) is 1. The molecule has 2 aromatic carbocycles. The molecule has 0 aromatic heterocycles. The third-order valence-electron chi connectivity index (χ3n) is 5.15. The molecule has 2 heterocycles. The van der Waals surface area contributed by atoms with E-state index in [0.29, 0.717) is 25.7 Å². The number of fused-ring (bicyclic) bond motifs is 1. The summed E-state index contributed by atoms with van der Waals surface area (Å²) in [7, 11) is 0. The van der Waals surface area contributed by atoms with Gasteiger partial charge in [-0.1, -0.05) is 36.4 Å². The topological polar surface area (TPSA) is 53.6 Å². The van der Waals surface area contributed by atoms with E-state index >= 15 is 0 Å². The van der Waals surface area contributed by atoms with Gasteiger partial charge in [-0.15, -0.1) is 0 Å². The molecular formula is C21H25N3O2. The maximum atomic E-state index is 12.2. The molecule has 0 bridgehead atoms. The van der Waals surface area contributed by atoms with E-state index in [9.17, 15) is 4.79 Å². The highest BCUT2D eigenvalue weighted by Crippen LogP contribution is 2.23. The molecule has 0 radical (unpaired) electrons. The van der Waals surface area contributed by atoms with Gasteiger partial charge in [0, 0.05) is 25.3 Å². The molecule has 2 aliphatic heterocycles. The summed E-state index contributed by atoms with van der Waals surface area (Å²) < 4.78 is 5.41. The maximum Gasteiger partial charge on any atom is 0.319 e. The van der Waals surface area contributed by atoms with Gasteiger partial charge < -0.3 is 15.4 Å². The quantitative estimate of drug-likeness (QED) is 0.868. The van der Waals surface area contributed by atoms with E-state index in [-0.39, 0.29) is 6.03 Å². The zero-order valence-corrected chi connectivity index (χ0v) is 14.9.